The maximum Gasteiger partial charge on any atom is 0.306 e. The smallest absolute Gasteiger partial charge is 0.306 e. The van der Waals surface area contributed by atoms with Crippen molar-refractivity contribution in [2.24, 2.45) is 0 Å². The molecule has 1 rings (SSSR count). The Balaban J connectivity index is 2.78. The third-order valence-electron chi connectivity index (χ3n) is 2.46. The van der Waals surface area contributed by atoms with Crippen molar-refractivity contribution in [1.82, 2.24) is 0 Å². The maximum absolute atomic E-state index is 12.6. The van der Waals surface area contributed by atoms with E-state index in [1.807, 2.05) is 0 Å². The van der Waals surface area contributed by atoms with Gasteiger partial charge in [0.1, 0.15) is 5.75 Å². The summed E-state index contributed by atoms with van der Waals surface area (Å²) in [4.78, 5) is 11.2. The highest BCUT2D eigenvalue weighted by Crippen LogP contribution is 2.26. The number of methoxy groups -OCH3 is 1. The van der Waals surface area contributed by atoms with Gasteiger partial charge in [0.15, 0.2) is 0 Å². The Kier molecular flexibility index (Phi) is 5.55. The molecule has 0 N–H and O–H groups in total. The minimum Gasteiger partial charge on any atom is -0.496 e. The summed E-state index contributed by atoms with van der Waals surface area (Å²) < 4.78 is 35.0. The molecule has 1 aromatic rings. The largest absolute Gasteiger partial charge is 0.496 e. The van der Waals surface area contributed by atoms with Crippen LogP contribution in [0.1, 0.15) is 30.9 Å². The van der Waals surface area contributed by atoms with Gasteiger partial charge in [-0.05, 0) is 37.1 Å². The third kappa shape index (κ3) is 3.98. The molecule has 0 atom stereocenters. The van der Waals surface area contributed by atoms with Crippen molar-refractivity contribution in [3.8, 4) is 5.75 Å². The Labute approximate surface area is 105 Å². The van der Waals surface area contributed by atoms with Crippen LogP contribution in [-0.4, -0.2) is 19.7 Å². The topological polar surface area (TPSA) is 35.5 Å². The van der Waals surface area contributed by atoms with Gasteiger partial charge in [0, 0.05) is 12.0 Å². The summed E-state index contributed by atoms with van der Waals surface area (Å²) >= 11 is 0. The molecule has 0 saturated heterocycles. The van der Waals surface area contributed by atoms with Gasteiger partial charge in [0.05, 0.1) is 13.7 Å². The van der Waals surface area contributed by atoms with Crippen LogP contribution in [0.2, 0.25) is 0 Å². The fraction of sp³-hybridized carbons (Fsp3) is 0.462. The van der Waals surface area contributed by atoms with Crippen LogP contribution >= 0.6 is 0 Å². The minimum absolute atomic E-state index is 0.0744. The summed E-state index contributed by atoms with van der Waals surface area (Å²) in [5, 5.41) is 0. The number of hydrogen-bond acceptors (Lipinski definition) is 3. The highest BCUT2D eigenvalue weighted by molar-refractivity contribution is 5.69. The quantitative estimate of drug-likeness (QED) is 0.735. The van der Waals surface area contributed by atoms with Crippen molar-refractivity contribution in [3.05, 3.63) is 29.3 Å². The first-order valence-electron chi connectivity index (χ1n) is 5.69. The van der Waals surface area contributed by atoms with Crippen LogP contribution < -0.4 is 4.74 Å². The van der Waals surface area contributed by atoms with Crippen molar-refractivity contribution in [2.75, 3.05) is 13.7 Å². The molecule has 0 fully saturated rings. The van der Waals surface area contributed by atoms with Crippen LogP contribution in [-0.2, 0) is 16.0 Å². The Morgan fingerprint density at radius 2 is 2.11 bits per heavy atom. The lowest BCUT2D eigenvalue weighted by Gasteiger charge is -2.10. The van der Waals surface area contributed by atoms with Crippen molar-refractivity contribution in [3.63, 3.8) is 0 Å². The first-order chi connectivity index (χ1) is 8.58. The second kappa shape index (κ2) is 6.93. The molecule has 0 amide bonds. The Morgan fingerprint density at radius 3 is 2.67 bits per heavy atom. The van der Waals surface area contributed by atoms with E-state index in [1.54, 1.807) is 6.92 Å². The first-order valence-corrected chi connectivity index (χ1v) is 5.69. The molecule has 1 aromatic carbocycles. The number of esters is 1. The Bertz CT molecular complexity index is 405. The molecule has 0 spiro atoms. The van der Waals surface area contributed by atoms with Crippen LogP contribution in [0.4, 0.5) is 8.78 Å². The molecule has 0 aliphatic heterocycles. The molecule has 0 unspecified atom stereocenters. The van der Waals surface area contributed by atoms with E-state index >= 15 is 0 Å². The van der Waals surface area contributed by atoms with E-state index < -0.39 is 6.43 Å². The molecule has 0 bridgehead atoms. The number of aryl methyl sites for hydroxylation is 1. The number of hydrogen-bond donors (Lipinski definition) is 0. The van der Waals surface area contributed by atoms with Gasteiger partial charge in [-0.3, -0.25) is 4.79 Å². The summed E-state index contributed by atoms with van der Waals surface area (Å²) in [6.07, 6.45) is -2.06. The molecule has 0 radical (unpaired) electrons. The van der Waals surface area contributed by atoms with Crippen LogP contribution in [0.25, 0.3) is 0 Å². The maximum atomic E-state index is 12.6. The number of alkyl halides is 2. The summed E-state index contributed by atoms with van der Waals surface area (Å²) in [7, 11) is 1.46. The number of ether oxygens (including phenoxy) is 2. The van der Waals surface area contributed by atoms with Gasteiger partial charge in [0.25, 0.3) is 6.43 Å². The van der Waals surface area contributed by atoms with Crippen molar-refractivity contribution < 1.29 is 23.0 Å². The predicted octanol–water partition coefficient (Wildman–Crippen LogP) is 3.13. The van der Waals surface area contributed by atoms with Crippen LogP contribution in [0.15, 0.2) is 18.2 Å². The van der Waals surface area contributed by atoms with E-state index in [-0.39, 0.29) is 18.0 Å². The van der Waals surface area contributed by atoms with E-state index in [2.05, 4.69) is 0 Å². The van der Waals surface area contributed by atoms with Gasteiger partial charge >= 0.3 is 5.97 Å². The summed E-state index contributed by atoms with van der Waals surface area (Å²) in [5.41, 5.74) is 0.512. The van der Waals surface area contributed by atoms with Gasteiger partial charge in [-0.25, -0.2) is 8.78 Å². The van der Waals surface area contributed by atoms with Gasteiger partial charge in [-0.2, -0.15) is 0 Å². The summed E-state index contributed by atoms with van der Waals surface area (Å²) in [6.45, 7) is 2.03. The second-order valence-electron chi connectivity index (χ2n) is 3.68. The molecular formula is C13H16F2O3. The highest BCUT2D eigenvalue weighted by Gasteiger charge is 2.12. The molecule has 0 aliphatic rings. The molecule has 18 heavy (non-hydrogen) atoms. The zero-order chi connectivity index (χ0) is 13.5. The zero-order valence-corrected chi connectivity index (χ0v) is 10.4. The molecule has 3 nitrogen and oxygen atoms in total. The first kappa shape index (κ1) is 14.4. The zero-order valence-electron chi connectivity index (χ0n) is 10.4. The fourth-order valence-electron chi connectivity index (χ4n) is 1.60. The molecule has 0 saturated carbocycles. The number of halogens is 2. The lowest BCUT2D eigenvalue weighted by atomic mass is 10.1. The summed E-state index contributed by atoms with van der Waals surface area (Å²) in [5.74, 6) is 0.158. The minimum atomic E-state index is -2.53. The summed E-state index contributed by atoms with van der Waals surface area (Å²) in [6, 6.07) is 4.17. The lowest BCUT2D eigenvalue weighted by molar-refractivity contribution is -0.143. The normalized spacial score (nSPS) is 10.5. The van der Waals surface area contributed by atoms with Crippen LogP contribution in [0.5, 0.6) is 5.75 Å². The molecule has 0 heterocycles. The molecular weight excluding hydrogens is 242 g/mol. The molecule has 0 aliphatic carbocycles. The van der Waals surface area contributed by atoms with Crippen molar-refractivity contribution in [2.45, 2.75) is 26.2 Å². The highest BCUT2D eigenvalue weighted by atomic mass is 19.3. The van der Waals surface area contributed by atoms with E-state index in [0.29, 0.717) is 24.3 Å². The van der Waals surface area contributed by atoms with Crippen LogP contribution in [0.3, 0.4) is 0 Å². The van der Waals surface area contributed by atoms with E-state index in [9.17, 15) is 13.6 Å². The Hall–Kier alpha value is -1.65. The molecule has 5 heteroatoms. The molecule has 100 valence electrons. The van der Waals surface area contributed by atoms with Gasteiger partial charge < -0.3 is 9.47 Å². The van der Waals surface area contributed by atoms with E-state index in [4.69, 9.17) is 9.47 Å². The van der Waals surface area contributed by atoms with Gasteiger partial charge in [-0.15, -0.1) is 0 Å². The standard InChI is InChI=1S/C13H16F2O3/c1-3-18-12(16)7-5-9-8-10(13(14)15)4-6-11(9)17-2/h4,6,8,13H,3,5,7H2,1-2H3. The number of carbonyl (C=O) groups excluding carboxylic acids is 1. The van der Waals surface area contributed by atoms with E-state index in [0.717, 1.165) is 0 Å². The number of benzene rings is 1. The average molecular weight is 258 g/mol. The van der Waals surface area contributed by atoms with Gasteiger partial charge in [-0.1, -0.05) is 0 Å². The fourth-order valence-corrected chi connectivity index (χ4v) is 1.60. The third-order valence-corrected chi connectivity index (χ3v) is 2.46. The Morgan fingerprint density at radius 1 is 1.39 bits per heavy atom. The van der Waals surface area contributed by atoms with Crippen LogP contribution in [0, 0.1) is 0 Å². The van der Waals surface area contributed by atoms with Gasteiger partial charge in [0.2, 0.25) is 0 Å². The average Bonchev–Trinajstić information content (AvgIpc) is 2.36. The van der Waals surface area contributed by atoms with Crippen molar-refractivity contribution >= 4 is 5.97 Å². The monoisotopic (exact) mass is 258 g/mol. The molecule has 0 aromatic heterocycles. The lowest BCUT2D eigenvalue weighted by Crippen LogP contribution is -2.06. The number of carbonyl (C=O) groups is 1. The predicted molar refractivity (Wildman–Crippen MR) is 62.9 cm³/mol. The van der Waals surface area contributed by atoms with Crippen molar-refractivity contribution in [1.29, 1.82) is 0 Å². The van der Waals surface area contributed by atoms with E-state index in [1.165, 1.54) is 25.3 Å². The second-order valence-corrected chi connectivity index (χ2v) is 3.68. The SMILES string of the molecule is CCOC(=O)CCc1cc(C(F)F)ccc1OC. The number of rotatable bonds is 6.